The Balaban J connectivity index is 0.00000163. The molecule has 0 saturated heterocycles. The zero-order valence-corrected chi connectivity index (χ0v) is 14.5. The van der Waals surface area contributed by atoms with Gasteiger partial charge in [0.1, 0.15) is 10.6 Å². The number of carboxylic acids is 1. The molecular weight excluding hydrogens is 424 g/mol. The largest absolute Gasteiger partial charge is 0.478 e. The van der Waals surface area contributed by atoms with Gasteiger partial charge in [-0.3, -0.25) is 0 Å². The van der Waals surface area contributed by atoms with Crippen molar-refractivity contribution in [3.05, 3.63) is 28.3 Å². The zero-order valence-electron chi connectivity index (χ0n) is 12.9. The molecule has 0 spiro atoms. The summed E-state index contributed by atoms with van der Waals surface area (Å²) in [5.41, 5.74) is -2.42. The van der Waals surface area contributed by atoms with Crippen LogP contribution >= 0.6 is 21.8 Å². The van der Waals surface area contributed by atoms with Crippen molar-refractivity contribution in [3.8, 4) is 5.75 Å². The molecule has 0 aliphatic carbocycles. The van der Waals surface area contributed by atoms with Crippen LogP contribution in [0.4, 0.5) is 32.6 Å². The van der Waals surface area contributed by atoms with Gasteiger partial charge in [-0.1, -0.05) is 44.9 Å². The van der Waals surface area contributed by atoms with Crippen molar-refractivity contribution in [2.24, 2.45) is 0 Å². The van der Waals surface area contributed by atoms with Crippen LogP contribution in [-0.4, -0.2) is 23.4 Å². The smallest absolute Gasteiger partial charge is 0.430 e. The molecule has 1 aliphatic heterocycles. The highest BCUT2D eigenvalue weighted by molar-refractivity contribution is 8.45. The molecule has 1 atom stereocenters. The molecule has 26 heavy (non-hydrogen) atoms. The minimum absolute atomic E-state index is 0.165. The van der Waals surface area contributed by atoms with E-state index in [2.05, 4.69) is 4.74 Å². The molecule has 13 heteroatoms. The van der Waals surface area contributed by atoms with Gasteiger partial charge < -0.3 is 9.84 Å². The summed E-state index contributed by atoms with van der Waals surface area (Å²) >= 11 is 5.34. The van der Waals surface area contributed by atoms with Gasteiger partial charge in [0, 0.05) is 5.56 Å². The van der Waals surface area contributed by atoms with Crippen LogP contribution in [0, 0.1) is 0 Å². The van der Waals surface area contributed by atoms with Crippen molar-refractivity contribution in [3.63, 3.8) is 0 Å². The molecule has 1 aromatic carbocycles. The average Bonchev–Trinajstić information content (AvgIpc) is 2.44. The Labute approximate surface area is 146 Å². The first-order valence-corrected chi connectivity index (χ1v) is 8.99. The van der Waals surface area contributed by atoms with Crippen molar-refractivity contribution < 1.29 is 47.2 Å². The number of benzene rings is 1. The fraction of sp³-hybridized carbons (Fsp3) is 0.308. The van der Waals surface area contributed by atoms with E-state index in [0.717, 1.165) is 0 Å². The minimum atomic E-state index is -10.2. The van der Waals surface area contributed by atoms with Crippen molar-refractivity contribution in [2.75, 3.05) is 0 Å². The van der Waals surface area contributed by atoms with E-state index in [-0.39, 0.29) is 18.2 Å². The molecule has 0 fully saturated rings. The quantitative estimate of drug-likeness (QED) is 0.520. The second kappa shape index (κ2) is 5.91. The van der Waals surface area contributed by atoms with Gasteiger partial charge in [-0.05, 0) is 18.2 Å². The number of alkyl halides is 3. The summed E-state index contributed by atoms with van der Waals surface area (Å²) in [5, 5.41) is 7.59. The van der Waals surface area contributed by atoms with Crippen LogP contribution in [0.2, 0.25) is 5.02 Å². The molecule has 1 heterocycles. The second-order valence-electron chi connectivity index (χ2n) is 4.74. The third-order valence-corrected chi connectivity index (χ3v) is 4.27. The number of rotatable bonds is 2. The first-order chi connectivity index (χ1) is 11.4. The standard InChI is InChI=1S/C11H5ClF8O3S.C2H6/c12-7-3-5(24(16,17,18,19)20)1-4-2-6(10(21)22)9(11(13,14)15)23-8(4)7;1-2/h1-3,9H,(H,21,22);1-2H3. The third-order valence-electron chi connectivity index (χ3n) is 2.86. The van der Waals surface area contributed by atoms with Gasteiger partial charge in [0.2, 0.25) is 6.10 Å². The second-order valence-corrected chi connectivity index (χ2v) is 7.55. The molecule has 1 N–H and O–H groups in total. The fourth-order valence-electron chi connectivity index (χ4n) is 1.88. The highest BCUT2D eigenvalue weighted by Crippen LogP contribution is 3.02. The maximum Gasteiger partial charge on any atom is 0.430 e. The molecule has 0 aromatic heterocycles. The number of carboxylic acid groups (broad SMARTS) is 1. The molecule has 0 bridgehead atoms. The lowest BCUT2D eigenvalue weighted by molar-refractivity contribution is -0.187. The van der Waals surface area contributed by atoms with Gasteiger partial charge in [0.15, 0.2) is 0 Å². The first-order valence-electron chi connectivity index (χ1n) is 6.66. The molecule has 3 nitrogen and oxygen atoms in total. The maximum absolute atomic E-state index is 12.8. The van der Waals surface area contributed by atoms with E-state index >= 15 is 0 Å². The normalized spacial score (nSPS) is 19.7. The van der Waals surface area contributed by atoms with E-state index in [1.54, 1.807) is 0 Å². The van der Waals surface area contributed by atoms with E-state index in [9.17, 15) is 37.4 Å². The van der Waals surface area contributed by atoms with E-state index in [1.165, 1.54) is 0 Å². The van der Waals surface area contributed by atoms with Gasteiger partial charge in [-0.2, -0.15) is 13.2 Å². The Morgan fingerprint density at radius 3 is 2.04 bits per heavy atom. The molecule has 1 unspecified atom stereocenters. The van der Waals surface area contributed by atoms with Crippen LogP contribution in [-0.2, 0) is 4.79 Å². The predicted molar refractivity (Wildman–Crippen MR) is 80.3 cm³/mol. The lowest BCUT2D eigenvalue weighted by atomic mass is 10.0. The van der Waals surface area contributed by atoms with Crippen LogP contribution in [0.5, 0.6) is 5.75 Å². The van der Waals surface area contributed by atoms with Crippen LogP contribution in [0.15, 0.2) is 22.6 Å². The number of halogens is 9. The van der Waals surface area contributed by atoms with E-state index in [1.807, 2.05) is 13.8 Å². The van der Waals surface area contributed by atoms with E-state index in [0.29, 0.717) is 0 Å². The Bertz CT molecular complexity index is 770. The highest BCUT2D eigenvalue weighted by atomic mass is 35.5. The number of aliphatic carboxylic acids is 1. The molecule has 0 radical (unpaired) electrons. The average molecular weight is 435 g/mol. The number of fused-ring (bicyclic) bond motifs is 1. The first kappa shape index (κ1) is 22.4. The van der Waals surface area contributed by atoms with Crippen LogP contribution in [0.1, 0.15) is 19.4 Å². The van der Waals surface area contributed by atoms with Crippen molar-refractivity contribution in [1.29, 1.82) is 0 Å². The number of ether oxygens (including phenoxy) is 1. The third kappa shape index (κ3) is 4.72. The Kier molecular flexibility index (Phi) is 5.08. The van der Waals surface area contributed by atoms with Crippen LogP contribution < -0.4 is 4.74 Å². The monoisotopic (exact) mass is 434 g/mol. The van der Waals surface area contributed by atoms with E-state index < -0.39 is 55.3 Å². The number of carbonyl (C=O) groups is 1. The predicted octanol–water partition coefficient (Wildman–Crippen LogP) is 6.81. The molecule has 1 aromatic rings. The van der Waals surface area contributed by atoms with Crippen LogP contribution in [0.3, 0.4) is 0 Å². The molecule has 2 rings (SSSR count). The van der Waals surface area contributed by atoms with Gasteiger partial charge >= 0.3 is 22.4 Å². The summed E-state index contributed by atoms with van der Waals surface area (Å²) in [6, 6.07) is -0.479. The maximum atomic E-state index is 12.8. The van der Waals surface area contributed by atoms with Gasteiger partial charge in [0.25, 0.3) is 0 Å². The zero-order chi connectivity index (χ0) is 20.8. The fourth-order valence-corrected chi connectivity index (χ4v) is 2.91. The van der Waals surface area contributed by atoms with Crippen molar-refractivity contribution >= 4 is 33.9 Å². The highest BCUT2D eigenvalue weighted by Gasteiger charge is 2.66. The Morgan fingerprint density at radius 1 is 1.15 bits per heavy atom. The van der Waals surface area contributed by atoms with Crippen molar-refractivity contribution in [2.45, 2.75) is 31.0 Å². The number of hydrogen-bond acceptors (Lipinski definition) is 2. The van der Waals surface area contributed by atoms with Gasteiger partial charge in [-0.25, -0.2) is 4.79 Å². The SMILES string of the molecule is CC.O=C(O)C1=Cc2cc(S(F)(F)(F)(F)F)cc(Cl)c2OC1C(F)(F)F. The summed E-state index contributed by atoms with van der Waals surface area (Å²) in [4.78, 5) is 8.39. The lowest BCUT2D eigenvalue weighted by Crippen LogP contribution is -2.40. The van der Waals surface area contributed by atoms with Crippen LogP contribution in [0.25, 0.3) is 6.08 Å². The van der Waals surface area contributed by atoms with Crippen molar-refractivity contribution in [1.82, 2.24) is 0 Å². The summed E-state index contributed by atoms with van der Waals surface area (Å²) in [5.74, 6) is -3.12. The molecule has 0 saturated carbocycles. The summed E-state index contributed by atoms with van der Waals surface area (Å²) in [6.45, 7) is 4.00. The molecule has 0 amide bonds. The van der Waals surface area contributed by atoms with Gasteiger partial charge in [0.05, 0.1) is 10.6 Å². The minimum Gasteiger partial charge on any atom is -0.478 e. The number of hydrogen-bond donors (Lipinski definition) is 1. The summed E-state index contributed by atoms with van der Waals surface area (Å²) < 4.78 is 107. The lowest BCUT2D eigenvalue weighted by Gasteiger charge is -2.41. The summed E-state index contributed by atoms with van der Waals surface area (Å²) in [6.07, 6.45) is -8.06. The molecular formula is C13H11ClF8O3S. The Morgan fingerprint density at radius 2 is 1.65 bits per heavy atom. The molecule has 1 aliphatic rings. The Hall–Kier alpha value is -1.69. The van der Waals surface area contributed by atoms with E-state index in [4.69, 9.17) is 16.7 Å². The summed E-state index contributed by atoms with van der Waals surface area (Å²) in [7, 11) is -10.2. The molecule has 150 valence electrons. The van der Waals surface area contributed by atoms with Gasteiger partial charge in [-0.15, -0.1) is 0 Å². The topological polar surface area (TPSA) is 46.5 Å².